The Morgan fingerprint density at radius 2 is 1.60 bits per heavy atom. The van der Waals surface area contributed by atoms with E-state index in [9.17, 15) is 13.5 Å². The SMILES string of the molecule is CC([O-])=C(C)S(=O)(=O)c1ccccc1.[Na+]. The van der Waals surface area contributed by atoms with Crippen LogP contribution in [0.25, 0.3) is 0 Å². The van der Waals surface area contributed by atoms with E-state index >= 15 is 0 Å². The summed E-state index contributed by atoms with van der Waals surface area (Å²) in [6.07, 6.45) is 0. The van der Waals surface area contributed by atoms with Gasteiger partial charge >= 0.3 is 29.6 Å². The van der Waals surface area contributed by atoms with Gasteiger partial charge in [0.05, 0.1) is 4.90 Å². The molecule has 1 aromatic rings. The molecule has 0 aliphatic rings. The molecule has 0 saturated heterocycles. The molecular formula is C10H11NaO3S. The minimum Gasteiger partial charge on any atom is -0.875 e. The van der Waals surface area contributed by atoms with Crippen LogP contribution in [-0.4, -0.2) is 8.42 Å². The van der Waals surface area contributed by atoms with E-state index < -0.39 is 15.6 Å². The first-order chi connectivity index (χ1) is 6.46. The Morgan fingerprint density at radius 3 is 2.00 bits per heavy atom. The smallest absolute Gasteiger partial charge is 0.875 e. The normalized spacial score (nSPS) is 12.7. The molecule has 0 atom stereocenters. The van der Waals surface area contributed by atoms with Crippen molar-refractivity contribution in [2.45, 2.75) is 18.7 Å². The maximum absolute atomic E-state index is 11.7. The second-order valence-electron chi connectivity index (χ2n) is 2.93. The Hall–Kier alpha value is -0.290. The first-order valence-corrected chi connectivity index (χ1v) is 5.59. The Labute approximate surface area is 112 Å². The first-order valence-electron chi connectivity index (χ1n) is 4.11. The average Bonchev–Trinajstić information content (AvgIpc) is 2.18. The number of rotatable bonds is 2. The Kier molecular flexibility index (Phi) is 5.59. The van der Waals surface area contributed by atoms with Crippen LogP contribution in [0.5, 0.6) is 0 Å². The van der Waals surface area contributed by atoms with Gasteiger partial charge in [0.15, 0.2) is 0 Å². The van der Waals surface area contributed by atoms with Gasteiger partial charge in [-0.05, 0) is 19.1 Å². The van der Waals surface area contributed by atoms with Gasteiger partial charge in [-0.25, -0.2) is 8.42 Å². The largest absolute Gasteiger partial charge is 1.00 e. The van der Waals surface area contributed by atoms with Crippen LogP contribution in [0.1, 0.15) is 13.8 Å². The molecule has 5 heteroatoms. The van der Waals surface area contributed by atoms with E-state index in [0.29, 0.717) is 0 Å². The second-order valence-corrected chi connectivity index (χ2v) is 5.02. The summed E-state index contributed by atoms with van der Waals surface area (Å²) < 4.78 is 23.4. The molecule has 0 saturated carbocycles. The zero-order valence-corrected chi connectivity index (χ0v) is 11.8. The molecule has 76 valence electrons. The molecule has 0 spiro atoms. The van der Waals surface area contributed by atoms with E-state index in [4.69, 9.17) is 0 Å². The summed E-state index contributed by atoms with van der Waals surface area (Å²) in [6, 6.07) is 7.92. The number of hydrogen-bond donors (Lipinski definition) is 0. The van der Waals surface area contributed by atoms with Crippen molar-refractivity contribution in [3.8, 4) is 0 Å². The Balaban J connectivity index is 0.00000196. The molecule has 0 heterocycles. The van der Waals surface area contributed by atoms with Crippen molar-refractivity contribution in [2.24, 2.45) is 0 Å². The van der Waals surface area contributed by atoms with Crippen LogP contribution in [0.3, 0.4) is 0 Å². The van der Waals surface area contributed by atoms with Gasteiger partial charge in [0.1, 0.15) is 0 Å². The van der Waals surface area contributed by atoms with E-state index in [-0.39, 0.29) is 39.4 Å². The standard InChI is InChI=1S/C10H12O3S.Na/c1-8(11)9(2)14(12,13)10-6-4-3-5-7-10;/h3-7,11H,1-2H3;/q;+1/p-1. The molecule has 1 rings (SSSR count). The molecule has 0 bridgehead atoms. The molecule has 0 unspecified atom stereocenters. The van der Waals surface area contributed by atoms with Crippen LogP contribution in [0.15, 0.2) is 45.9 Å². The van der Waals surface area contributed by atoms with Gasteiger partial charge in [-0.15, -0.1) is 5.76 Å². The van der Waals surface area contributed by atoms with Crippen LogP contribution in [0.2, 0.25) is 0 Å². The second kappa shape index (κ2) is 5.70. The molecule has 0 N–H and O–H groups in total. The van der Waals surface area contributed by atoms with Crippen molar-refractivity contribution >= 4 is 9.84 Å². The van der Waals surface area contributed by atoms with E-state index in [0.717, 1.165) is 0 Å². The van der Waals surface area contributed by atoms with E-state index in [1.807, 2.05) is 0 Å². The van der Waals surface area contributed by atoms with Gasteiger partial charge < -0.3 is 5.11 Å². The predicted octanol–water partition coefficient (Wildman–Crippen LogP) is -1.92. The number of allylic oxidation sites excluding steroid dienone is 2. The molecular weight excluding hydrogens is 223 g/mol. The van der Waals surface area contributed by atoms with Gasteiger partial charge in [-0.1, -0.05) is 25.1 Å². The Morgan fingerprint density at radius 1 is 1.13 bits per heavy atom. The molecule has 0 aliphatic heterocycles. The predicted molar refractivity (Wildman–Crippen MR) is 52.0 cm³/mol. The van der Waals surface area contributed by atoms with Gasteiger partial charge in [-0.2, -0.15) is 0 Å². The zero-order chi connectivity index (χ0) is 10.8. The van der Waals surface area contributed by atoms with Crippen LogP contribution in [0, 0.1) is 0 Å². The zero-order valence-electron chi connectivity index (χ0n) is 9.02. The summed E-state index contributed by atoms with van der Waals surface area (Å²) in [6.45, 7) is 2.57. The van der Waals surface area contributed by atoms with E-state index in [1.165, 1.54) is 26.0 Å². The monoisotopic (exact) mass is 234 g/mol. The van der Waals surface area contributed by atoms with E-state index in [2.05, 4.69) is 0 Å². The van der Waals surface area contributed by atoms with Gasteiger partial charge in [0, 0.05) is 4.91 Å². The quantitative estimate of drug-likeness (QED) is 0.442. The fourth-order valence-electron chi connectivity index (χ4n) is 0.966. The third kappa shape index (κ3) is 3.34. The number of sulfone groups is 1. The minimum atomic E-state index is -3.57. The van der Waals surface area contributed by atoms with Crippen molar-refractivity contribution < 1.29 is 43.1 Å². The van der Waals surface area contributed by atoms with Gasteiger partial charge in [0.25, 0.3) is 0 Å². The molecule has 0 aliphatic carbocycles. The Bertz CT molecular complexity index is 445. The van der Waals surface area contributed by atoms with Crippen LogP contribution >= 0.6 is 0 Å². The average molecular weight is 234 g/mol. The van der Waals surface area contributed by atoms with Crippen molar-refractivity contribution in [1.82, 2.24) is 0 Å². The first kappa shape index (κ1) is 14.7. The molecule has 3 nitrogen and oxygen atoms in total. The molecule has 0 aromatic heterocycles. The van der Waals surface area contributed by atoms with Crippen molar-refractivity contribution in [2.75, 3.05) is 0 Å². The summed E-state index contributed by atoms with van der Waals surface area (Å²) in [5.41, 5.74) is 0. The summed E-state index contributed by atoms with van der Waals surface area (Å²) >= 11 is 0. The fraction of sp³-hybridized carbons (Fsp3) is 0.200. The molecule has 0 radical (unpaired) electrons. The molecule has 1 aromatic carbocycles. The van der Waals surface area contributed by atoms with E-state index in [1.54, 1.807) is 18.2 Å². The van der Waals surface area contributed by atoms with Crippen molar-refractivity contribution in [3.63, 3.8) is 0 Å². The molecule has 0 amide bonds. The van der Waals surface area contributed by atoms with Gasteiger partial charge in [-0.3, -0.25) is 0 Å². The third-order valence-corrected chi connectivity index (χ3v) is 3.94. The molecule has 0 fully saturated rings. The summed E-state index contributed by atoms with van der Waals surface area (Å²) in [5.74, 6) is -0.422. The number of benzene rings is 1. The minimum absolute atomic E-state index is 0. The summed E-state index contributed by atoms with van der Waals surface area (Å²) in [5, 5.41) is 10.9. The van der Waals surface area contributed by atoms with Crippen molar-refractivity contribution in [3.05, 3.63) is 41.0 Å². The van der Waals surface area contributed by atoms with Crippen LogP contribution in [0.4, 0.5) is 0 Å². The topological polar surface area (TPSA) is 57.2 Å². The van der Waals surface area contributed by atoms with Crippen molar-refractivity contribution in [1.29, 1.82) is 0 Å². The fourth-order valence-corrected chi connectivity index (χ4v) is 2.21. The van der Waals surface area contributed by atoms with Crippen LogP contribution in [-0.2, 0) is 9.84 Å². The van der Waals surface area contributed by atoms with Gasteiger partial charge in [0.2, 0.25) is 9.84 Å². The maximum atomic E-state index is 11.7. The number of hydrogen-bond acceptors (Lipinski definition) is 3. The van der Waals surface area contributed by atoms with Crippen LogP contribution < -0.4 is 34.7 Å². The third-order valence-electron chi connectivity index (χ3n) is 1.95. The molecule has 15 heavy (non-hydrogen) atoms. The summed E-state index contributed by atoms with van der Waals surface area (Å²) in [4.78, 5) is 0.0383. The summed E-state index contributed by atoms with van der Waals surface area (Å²) in [7, 11) is -3.57. The maximum Gasteiger partial charge on any atom is 1.00 e.